The fourth-order valence-electron chi connectivity index (χ4n) is 3.34. The van der Waals surface area contributed by atoms with E-state index in [2.05, 4.69) is 10.2 Å². The summed E-state index contributed by atoms with van der Waals surface area (Å²) in [5.41, 5.74) is 0.478. The first-order valence-electron chi connectivity index (χ1n) is 9.25. The molecule has 1 amide bonds. The fourth-order valence-corrected chi connectivity index (χ4v) is 4.14. The number of thioether (sulfide) groups is 1. The van der Waals surface area contributed by atoms with Crippen LogP contribution in [0.2, 0.25) is 0 Å². The molecule has 1 aromatic carbocycles. The first-order valence-corrected chi connectivity index (χ1v) is 10.2. The van der Waals surface area contributed by atoms with Gasteiger partial charge in [-0.05, 0) is 49.6 Å². The zero-order valence-electron chi connectivity index (χ0n) is 15.6. The van der Waals surface area contributed by atoms with Gasteiger partial charge in [-0.1, -0.05) is 30.0 Å². The summed E-state index contributed by atoms with van der Waals surface area (Å²) in [5.74, 6) is 0.0326. The number of hydrogen-bond donors (Lipinski definition) is 0. The lowest BCUT2D eigenvalue weighted by molar-refractivity contribution is -0.137. The number of benzene rings is 1. The normalized spacial score (nSPS) is 15.4. The predicted molar refractivity (Wildman–Crippen MR) is 103 cm³/mol. The number of alkyl halides is 3. The lowest BCUT2D eigenvalue weighted by Crippen LogP contribution is -2.37. The van der Waals surface area contributed by atoms with E-state index < -0.39 is 17.8 Å². The molecular weight excluding hydrogens is 401 g/mol. The average Bonchev–Trinajstić information content (AvgIpc) is 3.45. The Morgan fingerprint density at radius 1 is 1.24 bits per heavy atom. The highest BCUT2D eigenvalue weighted by atomic mass is 32.2. The molecule has 4 rings (SSSR count). The standard InChI is InChI=1S/C20H19F3N4OS/c1-13(14-5-4-6-15(11-14)20(21,22)23)27(16-8-9-16)18(28)12-29-19-25-24-17-7-2-3-10-26(17)19/h2-7,10-11,13,16H,8-9,12H2,1H3. The molecule has 2 aromatic heterocycles. The Balaban J connectivity index is 1.51. The second kappa shape index (κ2) is 7.70. The zero-order valence-corrected chi connectivity index (χ0v) is 16.5. The van der Waals surface area contributed by atoms with Crippen LogP contribution in [0.1, 0.15) is 36.9 Å². The van der Waals surface area contributed by atoms with E-state index in [0.29, 0.717) is 16.4 Å². The third-order valence-electron chi connectivity index (χ3n) is 4.95. The van der Waals surface area contributed by atoms with Gasteiger partial charge < -0.3 is 4.90 Å². The van der Waals surface area contributed by atoms with Gasteiger partial charge in [0.1, 0.15) is 0 Å². The van der Waals surface area contributed by atoms with Gasteiger partial charge in [0.25, 0.3) is 0 Å². The van der Waals surface area contributed by atoms with Crippen LogP contribution < -0.4 is 0 Å². The van der Waals surface area contributed by atoms with Crippen LogP contribution in [0.5, 0.6) is 0 Å². The molecule has 5 nitrogen and oxygen atoms in total. The second-order valence-corrected chi connectivity index (χ2v) is 7.97. The molecule has 3 aromatic rings. The number of halogens is 3. The Hall–Kier alpha value is -2.55. The van der Waals surface area contributed by atoms with E-state index in [0.717, 1.165) is 25.0 Å². The van der Waals surface area contributed by atoms with Gasteiger partial charge in [0.15, 0.2) is 10.8 Å². The Labute approximate surface area is 169 Å². The lowest BCUT2D eigenvalue weighted by atomic mass is 10.0. The molecule has 29 heavy (non-hydrogen) atoms. The number of aromatic nitrogens is 3. The van der Waals surface area contributed by atoms with Crippen molar-refractivity contribution in [3.8, 4) is 0 Å². The molecule has 1 aliphatic carbocycles. The molecule has 1 unspecified atom stereocenters. The molecule has 1 saturated carbocycles. The Morgan fingerprint density at radius 3 is 2.76 bits per heavy atom. The van der Waals surface area contributed by atoms with Crippen LogP contribution in [-0.4, -0.2) is 37.2 Å². The lowest BCUT2D eigenvalue weighted by Gasteiger charge is -2.30. The van der Waals surface area contributed by atoms with Gasteiger partial charge in [-0.15, -0.1) is 10.2 Å². The van der Waals surface area contributed by atoms with Crippen molar-refractivity contribution in [3.63, 3.8) is 0 Å². The SMILES string of the molecule is CC(c1cccc(C(F)(F)F)c1)N(C(=O)CSc1nnc2ccccn12)C1CC1. The minimum atomic E-state index is -4.41. The van der Waals surface area contributed by atoms with Crippen LogP contribution in [0.15, 0.2) is 53.8 Å². The topological polar surface area (TPSA) is 50.5 Å². The molecule has 2 heterocycles. The third kappa shape index (κ3) is 4.24. The molecule has 0 N–H and O–H groups in total. The molecule has 0 saturated heterocycles. The molecule has 1 atom stereocenters. The monoisotopic (exact) mass is 420 g/mol. The maximum Gasteiger partial charge on any atom is 0.416 e. The number of carbonyl (C=O) groups excluding carboxylic acids is 1. The minimum Gasteiger partial charge on any atom is -0.332 e. The number of hydrogen-bond acceptors (Lipinski definition) is 4. The van der Waals surface area contributed by atoms with Gasteiger partial charge in [-0.2, -0.15) is 13.2 Å². The minimum absolute atomic E-state index is 0.0720. The van der Waals surface area contributed by atoms with Crippen molar-refractivity contribution in [2.75, 3.05) is 5.75 Å². The molecule has 1 fully saturated rings. The highest BCUT2D eigenvalue weighted by molar-refractivity contribution is 7.99. The smallest absolute Gasteiger partial charge is 0.332 e. The summed E-state index contributed by atoms with van der Waals surface area (Å²) >= 11 is 1.28. The van der Waals surface area contributed by atoms with E-state index in [1.165, 1.54) is 17.8 Å². The van der Waals surface area contributed by atoms with Crippen molar-refractivity contribution in [2.45, 2.75) is 43.2 Å². The van der Waals surface area contributed by atoms with Crippen LogP contribution in [0.4, 0.5) is 13.2 Å². The summed E-state index contributed by atoms with van der Waals surface area (Å²) in [4.78, 5) is 14.7. The molecule has 0 bridgehead atoms. The predicted octanol–water partition coefficient (Wildman–Crippen LogP) is 4.59. The number of pyridine rings is 1. The van der Waals surface area contributed by atoms with Crippen LogP contribution >= 0.6 is 11.8 Å². The Bertz CT molecular complexity index is 1030. The summed E-state index contributed by atoms with van der Waals surface area (Å²) in [7, 11) is 0. The summed E-state index contributed by atoms with van der Waals surface area (Å²) in [5, 5.41) is 8.78. The summed E-state index contributed by atoms with van der Waals surface area (Å²) in [6.45, 7) is 1.78. The van der Waals surface area contributed by atoms with E-state index >= 15 is 0 Å². The Kier molecular flexibility index (Phi) is 5.24. The zero-order chi connectivity index (χ0) is 20.6. The number of fused-ring (bicyclic) bond motifs is 1. The molecule has 1 aliphatic rings. The van der Waals surface area contributed by atoms with Crippen LogP contribution in [-0.2, 0) is 11.0 Å². The third-order valence-corrected chi connectivity index (χ3v) is 5.88. The van der Waals surface area contributed by atoms with E-state index in [-0.39, 0.29) is 17.7 Å². The summed E-state index contributed by atoms with van der Waals surface area (Å²) < 4.78 is 41.0. The van der Waals surface area contributed by atoms with Crippen LogP contribution in [0.25, 0.3) is 5.65 Å². The van der Waals surface area contributed by atoms with Gasteiger partial charge in [0.05, 0.1) is 17.4 Å². The van der Waals surface area contributed by atoms with Gasteiger partial charge in [-0.25, -0.2) is 0 Å². The maximum atomic E-state index is 13.1. The number of amides is 1. The van der Waals surface area contributed by atoms with Crippen molar-refractivity contribution in [1.29, 1.82) is 0 Å². The Morgan fingerprint density at radius 2 is 2.03 bits per heavy atom. The number of rotatable bonds is 6. The van der Waals surface area contributed by atoms with Gasteiger partial charge >= 0.3 is 6.18 Å². The van der Waals surface area contributed by atoms with Gasteiger partial charge in [-0.3, -0.25) is 9.20 Å². The van der Waals surface area contributed by atoms with E-state index in [1.54, 1.807) is 22.3 Å². The van der Waals surface area contributed by atoms with Crippen molar-refractivity contribution in [1.82, 2.24) is 19.5 Å². The van der Waals surface area contributed by atoms with Gasteiger partial charge in [0.2, 0.25) is 5.91 Å². The average molecular weight is 420 g/mol. The van der Waals surface area contributed by atoms with E-state index in [4.69, 9.17) is 0 Å². The molecule has 152 valence electrons. The summed E-state index contributed by atoms with van der Waals surface area (Å²) in [6, 6.07) is 10.4. The number of carbonyl (C=O) groups is 1. The molecule has 0 spiro atoms. The molecule has 0 radical (unpaired) electrons. The first kappa shape index (κ1) is 19.8. The fraction of sp³-hybridized carbons (Fsp3) is 0.350. The maximum absolute atomic E-state index is 13.1. The van der Waals surface area contributed by atoms with Crippen molar-refractivity contribution in [2.24, 2.45) is 0 Å². The molecule has 0 aliphatic heterocycles. The van der Waals surface area contributed by atoms with E-state index in [9.17, 15) is 18.0 Å². The highest BCUT2D eigenvalue weighted by Gasteiger charge is 2.37. The van der Waals surface area contributed by atoms with Gasteiger partial charge in [0, 0.05) is 12.2 Å². The van der Waals surface area contributed by atoms with Crippen molar-refractivity contribution in [3.05, 3.63) is 59.8 Å². The van der Waals surface area contributed by atoms with Crippen molar-refractivity contribution >= 4 is 23.3 Å². The van der Waals surface area contributed by atoms with Crippen LogP contribution in [0.3, 0.4) is 0 Å². The highest BCUT2D eigenvalue weighted by Crippen LogP contribution is 2.37. The largest absolute Gasteiger partial charge is 0.416 e. The molecular formula is C20H19F3N4OS. The van der Waals surface area contributed by atoms with E-state index in [1.807, 2.05) is 24.4 Å². The number of nitrogens with zero attached hydrogens (tertiary/aromatic N) is 4. The molecule has 9 heteroatoms. The quantitative estimate of drug-likeness (QED) is 0.547. The second-order valence-electron chi connectivity index (χ2n) is 7.03. The van der Waals surface area contributed by atoms with Crippen molar-refractivity contribution < 1.29 is 18.0 Å². The first-order chi connectivity index (χ1) is 13.8. The van der Waals surface area contributed by atoms with Crippen LogP contribution in [0, 0.1) is 0 Å². The summed E-state index contributed by atoms with van der Waals surface area (Å²) in [6.07, 6.45) is -0.845.